The molecular weight excluding hydrogens is 369 g/mol. The summed E-state index contributed by atoms with van der Waals surface area (Å²) in [4.78, 5) is 13.9. The van der Waals surface area contributed by atoms with E-state index in [1.165, 1.54) is 48.3 Å². The molecule has 0 bridgehead atoms. The van der Waals surface area contributed by atoms with E-state index in [0.717, 1.165) is 9.87 Å². The Morgan fingerprint density at radius 3 is 2.19 bits per heavy atom. The largest absolute Gasteiger partial charge is 0.338 e. The Hall–Kier alpha value is -2.76. The highest BCUT2D eigenvalue weighted by Gasteiger charge is 2.26. The molecule has 142 valence electrons. The molecule has 2 aromatic carbocycles. The van der Waals surface area contributed by atoms with E-state index in [9.17, 15) is 17.6 Å². The van der Waals surface area contributed by atoms with Crippen molar-refractivity contribution in [2.45, 2.75) is 17.9 Å². The van der Waals surface area contributed by atoms with Crippen molar-refractivity contribution in [3.63, 3.8) is 0 Å². The molecule has 27 heavy (non-hydrogen) atoms. The highest BCUT2D eigenvalue weighted by molar-refractivity contribution is 7.89. The minimum Gasteiger partial charge on any atom is -0.338 e. The van der Waals surface area contributed by atoms with Gasteiger partial charge in [-0.2, -0.15) is 9.57 Å². The lowest BCUT2D eigenvalue weighted by molar-refractivity contribution is -0.131. The fraction of sp³-hybridized carbons (Fsp3) is 0.263. The number of hydrogen-bond acceptors (Lipinski definition) is 4. The Morgan fingerprint density at radius 1 is 1.11 bits per heavy atom. The van der Waals surface area contributed by atoms with E-state index in [2.05, 4.69) is 0 Å². The van der Waals surface area contributed by atoms with Crippen molar-refractivity contribution < 1.29 is 17.6 Å². The second-order valence-corrected chi connectivity index (χ2v) is 8.17. The van der Waals surface area contributed by atoms with Gasteiger partial charge in [0.05, 0.1) is 29.1 Å². The van der Waals surface area contributed by atoms with Crippen LogP contribution in [0.15, 0.2) is 53.4 Å². The zero-order valence-electron chi connectivity index (χ0n) is 15.3. The zero-order valence-corrected chi connectivity index (χ0v) is 16.1. The summed E-state index contributed by atoms with van der Waals surface area (Å²) in [7, 11) is -0.972. The standard InChI is InChI=1S/C19H20FN3O3S/c1-14(16-6-8-17(20)9-7-16)23(3)19(24)13-22(2)27(25,26)18-10-4-15(12-21)5-11-18/h4-11,14H,13H2,1-3H3. The van der Waals surface area contributed by atoms with Gasteiger partial charge >= 0.3 is 0 Å². The molecule has 0 saturated heterocycles. The Morgan fingerprint density at radius 2 is 1.67 bits per heavy atom. The number of hydrogen-bond donors (Lipinski definition) is 0. The van der Waals surface area contributed by atoms with Gasteiger partial charge in [-0.25, -0.2) is 12.8 Å². The fourth-order valence-electron chi connectivity index (χ4n) is 2.45. The van der Waals surface area contributed by atoms with E-state index in [1.807, 2.05) is 6.07 Å². The van der Waals surface area contributed by atoms with Gasteiger partial charge in [-0.1, -0.05) is 12.1 Å². The van der Waals surface area contributed by atoms with Gasteiger partial charge in [0.15, 0.2) is 0 Å². The maximum atomic E-state index is 13.1. The van der Waals surface area contributed by atoms with Gasteiger partial charge in [-0.15, -0.1) is 0 Å². The molecule has 0 aliphatic heterocycles. The third-order valence-corrected chi connectivity index (χ3v) is 6.19. The Labute approximate surface area is 158 Å². The highest BCUT2D eigenvalue weighted by Crippen LogP contribution is 2.20. The SMILES string of the molecule is CC(c1ccc(F)cc1)N(C)C(=O)CN(C)S(=O)(=O)c1ccc(C#N)cc1. The summed E-state index contributed by atoms with van der Waals surface area (Å²) in [6.45, 7) is 1.44. The summed E-state index contributed by atoms with van der Waals surface area (Å²) in [5, 5.41) is 8.80. The fourth-order valence-corrected chi connectivity index (χ4v) is 3.57. The molecule has 0 spiro atoms. The monoisotopic (exact) mass is 389 g/mol. The van der Waals surface area contributed by atoms with Gasteiger partial charge in [0, 0.05) is 14.1 Å². The van der Waals surface area contributed by atoms with Crippen LogP contribution < -0.4 is 0 Å². The van der Waals surface area contributed by atoms with E-state index in [-0.39, 0.29) is 23.3 Å². The number of sulfonamides is 1. The summed E-state index contributed by atoms with van der Waals surface area (Å²) in [6, 6.07) is 12.9. The molecule has 0 saturated carbocycles. The zero-order chi connectivity index (χ0) is 20.2. The van der Waals surface area contributed by atoms with Crippen LogP contribution in [0.3, 0.4) is 0 Å². The van der Waals surface area contributed by atoms with Gasteiger partial charge in [0.25, 0.3) is 0 Å². The molecule has 1 amide bonds. The van der Waals surface area contributed by atoms with Crippen LogP contribution >= 0.6 is 0 Å². The van der Waals surface area contributed by atoms with Crippen LogP contribution in [0.1, 0.15) is 24.1 Å². The van der Waals surface area contributed by atoms with Crippen LogP contribution in [0.2, 0.25) is 0 Å². The molecule has 0 aliphatic carbocycles. The maximum absolute atomic E-state index is 13.1. The van der Waals surface area contributed by atoms with Crippen LogP contribution in [0, 0.1) is 17.1 Å². The van der Waals surface area contributed by atoms with E-state index in [4.69, 9.17) is 5.26 Å². The second kappa shape index (κ2) is 8.29. The molecule has 0 aliphatic rings. The van der Waals surface area contributed by atoms with Crippen molar-refractivity contribution in [1.82, 2.24) is 9.21 Å². The number of amides is 1. The maximum Gasteiger partial charge on any atom is 0.243 e. The van der Waals surface area contributed by atoms with Crippen LogP contribution in [-0.4, -0.2) is 44.2 Å². The van der Waals surface area contributed by atoms with Crippen LogP contribution in [0.5, 0.6) is 0 Å². The van der Waals surface area contributed by atoms with E-state index in [1.54, 1.807) is 26.1 Å². The molecule has 8 heteroatoms. The minimum atomic E-state index is -3.86. The minimum absolute atomic E-state index is 0.00559. The molecule has 0 radical (unpaired) electrons. The van der Waals surface area contributed by atoms with Crippen molar-refractivity contribution in [2.24, 2.45) is 0 Å². The molecule has 0 fully saturated rings. The summed E-state index contributed by atoms with van der Waals surface area (Å²) in [5.41, 5.74) is 1.09. The van der Waals surface area contributed by atoms with Gasteiger partial charge in [0.1, 0.15) is 5.82 Å². The van der Waals surface area contributed by atoms with E-state index >= 15 is 0 Å². The molecule has 6 nitrogen and oxygen atoms in total. The van der Waals surface area contributed by atoms with Crippen LogP contribution in [0.25, 0.3) is 0 Å². The Kier molecular flexibility index (Phi) is 6.31. The van der Waals surface area contributed by atoms with Crippen molar-refractivity contribution in [2.75, 3.05) is 20.6 Å². The quantitative estimate of drug-likeness (QED) is 0.760. The van der Waals surface area contributed by atoms with Crippen molar-refractivity contribution in [3.8, 4) is 6.07 Å². The third-order valence-electron chi connectivity index (χ3n) is 4.38. The molecule has 0 heterocycles. The van der Waals surface area contributed by atoms with Gasteiger partial charge < -0.3 is 4.90 Å². The van der Waals surface area contributed by atoms with Crippen molar-refractivity contribution >= 4 is 15.9 Å². The third kappa shape index (κ3) is 4.70. The lowest BCUT2D eigenvalue weighted by Gasteiger charge is -2.27. The number of carbonyl (C=O) groups is 1. The molecule has 0 N–H and O–H groups in total. The topological polar surface area (TPSA) is 81.5 Å². The summed E-state index contributed by atoms with van der Waals surface area (Å²) >= 11 is 0. The molecular formula is C19H20FN3O3S. The average Bonchev–Trinajstić information content (AvgIpc) is 2.67. The Bertz CT molecular complexity index is 951. The van der Waals surface area contributed by atoms with Crippen LogP contribution in [-0.2, 0) is 14.8 Å². The first-order valence-corrected chi connectivity index (χ1v) is 9.58. The smallest absolute Gasteiger partial charge is 0.243 e. The number of nitrogens with zero attached hydrogens (tertiary/aromatic N) is 3. The number of likely N-dealkylation sites (N-methyl/N-ethyl adjacent to an activating group) is 2. The van der Waals surface area contributed by atoms with Gasteiger partial charge in [-0.3, -0.25) is 4.79 Å². The summed E-state index contributed by atoms with van der Waals surface area (Å²) < 4.78 is 39.2. The van der Waals surface area contributed by atoms with E-state index in [0.29, 0.717) is 5.56 Å². The highest BCUT2D eigenvalue weighted by atomic mass is 32.2. The summed E-state index contributed by atoms with van der Waals surface area (Å²) in [5.74, 6) is -0.764. The number of benzene rings is 2. The predicted octanol–water partition coefficient (Wildman–Crippen LogP) is 2.54. The van der Waals surface area contributed by atoms with Crippen molar-refractivity contribution in [1.29, 1.82) is 5.26 Å². The average molecular weight is 389 g/mol. The van der Waals surface area contributed by atoms with Gasteiger partial charge in [0.2, 0.25) is 15.9 Å². The molecule has 0 aromatic heterocycles. The normalized spacial score (nSPS) is 12.4. The number of carbonyl (C=O) groups excluding carboxylic acids is 1. The first-order chi connectivity index (χ1) is 12.7. The van der Waals surface area contributed by atoms with Crippen molar-refractivity contribution in [3.05, 3.63) is 65.5 Å². The first kappa shape index (κ1) is 20.6. The molecule has 2 aromatic rings. The molecule has 2 rings (SSSR count). The summed E-state index contributed by atoms with van der Waals surface area (Å²) in [6.07, 6.45) is 0. The molecule has 1 unspecified atom stereocenters. The second-order valence-electron chi connectivity index (χ2n) is 6.13. The van der Waals surface area contributed by atoms with Gasteiger partial charge in [-0.05, 0) is 48.9 Å². The van der Waals surface area contributed by atoms with E-state index < -0.39 is 15.9 Å². The first-order valence-electron chi connectivity index (χ1n) is 8.14. The lowest BCUT2D eigenvalue weighted by Crippen LogP contribution is -2.40. The Balaban J connectivity index is 2.10. The number of halogens is 1. The molecule has 1 atom stereocenters. The predicted molar refractivity (Wildman–Crippen MR) is 98.6 cm³/mol. The van der Waals surface area contributed by atoms with Crippen LogP contribution in [0.4, 0.5) is 4.39 Å². The number of nitriles is 1. The lowest BCUT2D eigenvalue weighted by atomic mass is 10.1. The number of rotatable bonds is 6.